The number of carbonyl (C=O) groups excluding carboxylic acids is 1. The Hall–Kier alpha value is -1.89. The number of likely N-dealkylation sites (N-methyl/N-ethyl adjacent to an activating group) is 1. The van der Waals surface area contributed by atoms with Gasteiger partial charge in [0, 0.05) is 19.3 Å². The Morgan fingerprint density at radius 3 is 2.76 bits per heavy atom. The number of aliphatic hydroxyl groups excluding tert-OH is 1. The van der Waals surface area contributed by atoms with Crippen LogP contribution in [0.2, 0.25) is 0 Å². The Bertz CT molecular complexity index is 505. The quantitative estimate of drug-likeness (QED) is 0.662. The maximum Gasteiger partial charge on any atom is 0.328 e. The molecule has 0 fully saturated rings. The fourth-order valence-corrected chi connectivity index (χ4v) is 1.19. The topological polar surface area (TPSA) is 95.4 Å². The second-order valence-electron chi connectivity index (χ2n) is 3.77. The van der Waals surface area contributed by atoms with Crippen molar-refractivity contribution in [2.75, 3.05) is 13.7 Å². The fourth-order valence-electron chi connectivity index (χ4n) is 1.19. The summed E-state index contributed by atoms with van der Waals surface area (Å²) in [6.07, 6.45) is 1.26. The molecule has 0 aromatic carbocycles. The smallest absolute Gasteiger partial charge is 0.328 e. The molecule has 1 rings (SSSR count). The van der Waals surface area contributed by atoms with Crippen LogP contribution >= 0.6 is 0 Å². The second kappa shape index (κ2) is 5.44. The number of carbonyl (C=O) groups is 1. The van der Waals surface area contributed by atoms with Crippen molar-refractivity contribution >= 4 is 5.91 Å². The van der Waals surface area contributed by atoms with Crippen LogP contribution in [0, 0.1) is 0 Å². The Kier molecular flexibility index (Phi) is 4.22. The number of aromatic nitrogens is 2. The fraction of sp³-hybridized carbons (Fsp3) is 0.500. The summed E-state index contributed by atoms with van der Waals surface area (Å²) in [5.41, 5.74) is -1.13. The van der Waals surface area contributed by atoms with E-state index in [0.29, 0.717) is 0 Å². The summed E-state index contributed by atoms with van der Waals surface area (Å²) in [5, 5.41) is 8.90. The molecule has 0 bridgehead atoms. The maximum atomic E-state index is 11.7. The van der Waals surface area contributed by atoms with Crippen LogP contribution in [0.3, 0.4) is 0 Å². The maximum absolute atomic E-state index is 11.7. The van der Waals surface area contributed by atoms with Crippen molar-refractivity contribution in [2.24, 2.45) is 0 Å². The van der Waals surface area contributed by atoms with E-state index >= 15 is 0 Å². The number of aliphatic hydroxyl groups is 1. The predicted octanol–water partition coefficient (Wildman–Crippen LogP) is -1.62. The van der Waals surface area contributed by atoms with E-state index in [4.69, 9.17) is 5.11 Å². The number of aromatic amines is 1. The molecule has 0 radical (unpaired) electrons. The van der Waals surface area contributed by atoms with E-state index in [2.05, 4.69) is 4.98 Å². The van der Waals surface area contributed by atoms with Crippen LogP contribution in [0.1, 0.15) is 6.92 Å². The standard InChI is InChI=1S/C10H15N3O4/c1-7(6-14)12(2)9(16)5-13-4-3-8(15)11-10(13)17/h3-4,7,14H,5-6H2,1-2H3,(H,11,15,17). The van der Waals surface area contributed by atoms with Crippen molar-refractivity contribution in [1.82, 2.24) is 14.5 Å². The summed E-state index contributed by atoms with van der Waals surface area (Å²) in [6, 6.07) is 0.852. The van der Waals surface area contributed by atoms with Crippen molar-refractivity contribution in [1.29, 1.82) is 0 Å². The number of H-pyrrole nitrogens is 1. The zero-order chi connectivity index (χ0) is 13.0. The number of hydrogen-bond acceptors (Lipinski definition) is 4. The molecule has 0 aliphatic carbocycles. The first-order valence-corrected chi connectivity index (χ1v) is 5.12. The molecule has 1 aromatic heterocycles. The first-order chi connectivity index (χ1) is 7.95. The molecule has 0 saturated heterocycles. The van der Waals surface area contributed by atoms with E-state index in [-0.39, 0.29) is 25.1 Å². The van der Waals surface area contributed by atoms with Gasteiger partial charge in [0.15, 0.2) is 0 Å². The molecule has 94 valence electrons. The zero-order valence-corrected chi connectivity index (χ0v) is 9.71. The lowest BCUT2D eigenvalue weighted by atomic mass is 10.3. The van der Waals surface area contributed by atoms with Crippen LogP contribution in [0.15, 0.2) is 21.9 Å². The molecule has 7 heteroatoms. The molecule has 1 unspecified atom stereocenters. The van der Waals surface area contributed by atoms with Gasteiger partial charge in [-0.05, 0) is 6.92 Å². The van der Waals surface area contributed by atoms with E-state index in [1.54, 1.807) is 14.0 Å². The van der Waals surface area contributed by atoms with Crippen molar-refractivity contribution in [3.8, 4) is 0 Å². The van der Waals surface area contributed by atoms with Crippen LogP contribution in [0.4, 0.5) is 0 Å². The van der Waals surface area contributed by atoms with Crippen LogP contribution in [-0.4, -0.2) is 45.2 Å². The van der Waals surface area contributed by atoms with Gasteiger partial charge in [-0.2, -0.15) is 0 Å². The third-order valence-corrected chi connectivity index (χ3v) is 2.52. The second-order valence-corrected chi connectivity index (χ2v) is 3.77. The van der Waals surface area contributed by atoms with Crippen LogP contribution in [0.5, 0.6) is 0 Å². The number of nitrogens with one attached hydrogen (secondary N) is 1. The SMILES string of the molecule is CC(CO)N(C)C(=O)Cn1ccc(=O)[nH]c1=O. The minimum absolute atomic E-state index is 0.150. The largest absolute Gasteiger partial charge is 0.394 e. The van der Waals surface area contributed by atoms with Gasteiger partial charge in [-0.3, -0.25) is 19.1 Å². The van der Waals surface area contributed by atoms with E-state index in [0.717, 1.165) is 4.57 Å². The molecular weight excluding hydrogens is 226 g/mol. The highest BCUT2D eigenvalue weighted by atomic mass is 16.3. The van der Waals surface area contributed by atoms with Crippen LogP contribution < -0.4 is 11.2 Å². The Balaban J connectivity index is 2.81. The van der Waals surface area contributed by atoms with Gasteiger partial charge < -0.3 is 10.0 Å². The van der Waals surface area contributed by atoms with Gasteiger partial charge in [-0.15, -0.1) is 0 Å². The van der Waals surface area contributed by atoms with Gasteiger partial charge >= 0.3 is 5.69 Å². The molecule has 0 aliphatic heterocycles. The van der Waals surface area contributed by atoms with Crippen molar-refractivity contribution in [3.63, 3.8) is 0 Å². The van der Waals surface area contributed by atoms with Crippen LogP contribution in [0.25, 0.3) is 0 Å². The highest BCUT2D eigenvalue weighted by Crippen LogP contribution is 1.96. The van der Waals surface area contributed by atoms with Crippen LogP contribution in [-0.2, 0) is 11.3 Å². The molecule has 17 heavy (non-hydrogen) atoms. The van der Waals surface area contributed by atoms with Gasteiger partial charge in [-0.1, -0.05) is 0 Å². The lowest BCUT2D eigenvalue weighted by Crippen LogP contribution is -2.41. The monoisotopic (exact) mass is 241 g/mol. The minimum Gasteiger partial charge on any atom is -0.394 e. The summed E-state index contributed by atoms with van der Waals surface area (Å²) in [7, 11) is 1.54. The average Bonchev–Trinajstić information content (AvgIpc) is 2.30. The van der Waals surface area contributed by atoms with Gasteiger partial charge in [0.1, 0.15) is 6.54 Å². The normalized spacial score (nSPS) is 12.2. The number of hydrogen-bond donors (Lipinski definition) is 2. The molecule has 1 atom stereocenters. The van der Waals surface area contributed by atoms with Crippen molar-refractivity contribution in [3.05, 3.63) is 33.1 Å². The lowest BCUT2D eigenvalue weighted by Gasteiger charge is -2.23. The molecule has 0 spiro atoms. The molecular formula is C10H15N3O4. The highest BCUT2D eigenvalue weighted by Gasteiger charge is 2.15. The predicted molar refractivity (Wildman–Crippen MR) is 60.6 cm³/mol. The van der Waals surface area contributed by atoms with E-state index in [1.807, 2.05) is 0 Å². The number of rotatable bonds is 4. The average molecular weight is 241 g/mol. The van der Waals surface area contributed by atoms with E-state index < -0.39 is 11.2 Å². The highest BCUT2D eigenvalue weighted by molar-refractivity contribution is 5.75. The molecule has 1 aromatic rings. The van der Waals surface area contributed by atoms with E-state index in [1.165, 1.54) is 17.2 Å². The summed E-state index contributed by atoms with van der Waals surface area (Å²) < 4.78 is 1.10. The Morgan fingerprint density at radius 1 is 1.59 bits per heavy atom. The first-order valence-electron chi connectivity index (χ1n) is 5.12. The van der Waals surface area contributed by atoms with Gasteiger partial charge in [-0.25, -0.2) is 4.79 Å². The first kappa shape index (κ1) is 13.2. The number of amides is 1. The summed E-state index contributed by atoms with van der Waals surface area (Å²) >= 11 is 0. The summed E-state index contributed by atoms with van der Waals surface area (Å²) in [6.45, 7) is 1.37. The summed E-state index contributed by atoms with van der Waals surface area (Å²) in [5.74, 6) is -0.319. The molecule has 0 aliphatic rings. The molecule has 0 saturated carbocycles. The van der Waals surface area contributed by atoms with E-state index in [9.17, 15) is 14.4 Å². The third-order valence-electron chi connectivity index (χ3n) is 2.52. The molecule has 2 N–H and O–H groups in total. The third kappa shape index (κ3) is 3.28. The Labute approximate surface area is 97.3 Å². The Morgan fingerprint density at radius 2 is 2.24 bits per heavy atom. The molecule has 1 heterocycles. The van der Waals surface area contributed by atoms with Gasteiger partial charge in [0.05, 0.1) is 12.6 Å². The van der Waals surface area contributed by atoms with Gasteiger partial charge in [0.2, 0.25) is 5.91 Å². The van der Waals surface area contributed by atoms with Crippen molar-refractivity contribution in [2.45, 2.75) is 19.5 Å². The van der Waals surface area contributed by atoms with Crippen molar-refractivity contribution < 1.29 is 9.90 Å². The molecule has 7 nitrogen and oxygen atoms in total. The summed E-state index contributed by atoms with van der Waals surface area (Å²) in [4.78, 5) is 37.3. The minimum atomic E-state index is -0.629. The zero-order valence-electron chi connectivity index (χ0n) is 9.71. The van der Waals surface area contributed by atoms with Gasteiger partial charge in [0.25, 0.3) is 5.56 Å². The lowest BCUT2D eigenvalue weighted by molar-refractivity contribution is -0.133. The molecule has 1 amide bonds. The number of nitrogens with zero attached hydrogens (tertiary/aromatic N) is 2.